The molecule has 4 nitrogen and oxygen atoms in total. The number of nitrogens with two attached hydrogens (primary N) is 1. The minimum atomic E-state index is -0.629. The summed E-state index contributed by atoms with van der Waals surface area (Å²) >= 11 is 0. The van der Waals surface area contributed by atoms with Crippen molar-refractivity contribution in [2.24, 2.45) is 10.9 Å². The Morgan fingerprint density at radius 3 is 2.19 bits per heavy atom. The molecule has 0 aromatic carbocycles. The van der Waals surface area contributed by atoms with Crippen molar-refractivity contribution in [3.05, 3.63) is 29.3 Å². The second-order valence-corrected chi connectivity index (χ2v) is 6.60. The van der Waals surface area contributed by atoms with Crippen molar-refractivity contribution in [3.63, 3.8) is 0 Å². The quantitative estimate of drug-likeness (QED) is 0.131. The van der Waals surface area contributed by atoms with Crippen LogP contribution in [0.15, 0.2) is 17.3 Å². The SMILES string of the molecule is CCCCCCCCCCCCCC#Cc1ccc(F)c(C(N)=NO)n1. The van der Waals surface area contributed by atoms with E-state index in [1.54, 1.807) is 0 Å². The summed E-state index contributed by atoms with van der Waals surface area (Å²) < 4.78 is 13.5. The lowest BCUT2D eigenvalue weighted by atomic mass is 10.1. The Kier molecular flexibility index (Phi) is 11.9. The maximum atomic E-state index is 13.5. The van der Waals surface area contributed by atoms with Crippen LogP contribution in [-0.2, 0) is 0 Å². The van der Waals surface area contributed by atoms with Crippen LogP contribution in [0.2, 0.25) is 0 Å². The molecule has 144 valence electrons. The predicted octanol–water partition coefficient (Wildman–Crippen LogP) is 5.37. The monoisotopic (exact) mass is 361 g/mol. The van der Waals surface area contributed by atoms with E-state index in [0.717, 1.165) is 12.8 Å². The van der Waals surface area contributed by atoms with Crippen LogP contribution in [0.1, 0.15) is 95.4 Å². The van der Waals surface area contributed by atoms with Gasteiger partial charge in [-0.25, -0.2) is 9.37 Å². The van der Waals surface area contributed by atoms with Gasteiger partial charge in [-0.05, 0) is 24.5 Å². The number of oxime groups is 1. The highest BCUT2D eigenvalue weighted by atomic mass is 19.1. The Labute approximate surface area is 157 Å². The maximum absolute atomic E-state index is 13.5. The normalized spacial score (nSPS) is 11.2. The van der Waals surface area contributed by atoms with Crippen molar-refractivity contribution < 1.29 is 9.60 Å². The fourth-order valence-corrected chi connectivity index (χ4v) is 2.77. The second kappa shape index (κ2) is 14.1. The summed E-state index contributed by atoms with van der Waals surface area (Å²) in [6, 6.07) is 2.73. The number of halogens is 1. The molecular weight excluding hydrogens is 329 g/mol. The molecule has 3 N–H and O–H groups in total. The lowest BCUT2D eigenvalue weighted by Gasteiger charge is -2.01. The van der Waals surface area contributed by atoms with E-state index in [0.29, 0.717) is 5.69 Å². The predicted molar refractivity (Wildman–Crippen MR) is 105 cm³/mol. The molecule has 0 fully saturated rings. The Balaban J connectivity index is 2.14. The first kappa shape index (κ1) is 22.0. The number of hydrogen-bond donors (Lipinski definition) is 2. The summed E-state index contributed by atoms with van der Waals surface area (Å²) in [5.41, 5.74) is 5.64. The topological polar surface area (TPSA) is 71.5 Å². The average molecular weight is 362 g/mol. The van der Waals surface area contributed by atoms with Crippen molar-refractivity contribution >= 4 is 5.84 Å². The van der Waals surface area contributed by atoms with Gasteiger partial charge in [0.15, 0.2) is 11.7 Å². The Bertz CT molecular complexity index is 605. The molecule has 0 unspecified atom stereocenters. The van der Waals surface area contributed by atoms with Crippen LogP contribution in [0.5, 0.6) is 0 Å². The highest BCUT2D eigenvalue weighted by Crippen LogP contribution is 2.12. The fraction of sp³-hybridized carbons (Fsp3) is 0.619. The summed E-state index contributed by atoms with van der Waals surface area (Å²) in [7, 11) is 0. The average Bonchev–Trinajstić information content (AvgIpc) is 2.66. The van der Waals surface area contributed by atoms with E-state index in [2.05, 4.69) is 28.9 Å². The molecule has 0 aliphatic carbocycles. The van der Waals surface area contributed by atoms with Gasteiger partial charge in [0.1, 0.15) is 11.4 Å². The third kappa shape index (κ3) is 9.41. The molecular formula is C21H32FN3O. The molecule has 0 aliphatic rings. The maximum Gasteiger partial charge on any atom is 0.191 e. The van der Waals surface area contributed by atoms with E-state index >= 15 is 0 Å². The zero-order valence-electron chi connectivity index (χ0n) is 15.9. The molecule has 0 aliphatic heterocycles. The lowest BCUT2D eigenvalue weighted by Crippen LogP contribution is -2.17. The van der Waals surface area contributed by atoms with Gasteiger partial charge in [-0.2, -0.15) is 0 Å². The van der Waals surface area contributed by atoms with Crippen molar-refractivity contribution in [3.8, 4) is 11.8 Å². The third-order valence-electron chi connectivity index (χ3n) is 4.32. The van der Waals surface area contributed by atoms with Crippen LogP contribution in [0.4, 0.5) is 4.39 Å². The van der Waals surface area contributed by atoms with Gasteiger partial charge in [-0.1, -0.05) is 82.2 Å². The number of amidine groups is 1. The second-order valence-electron chi connectivity index (χ2n) is 6.60. The first-order chi connectivity index (χ1) is 12.7. The van der Waals surface area contributed by atoms with Crippen LogP contribution in [0.25, 0.3) is 0 Å². The molecule has 1 aromatic heterocycles. The van der Waals surface area contributed by atoms with Gasteiger partial charge in [0, 0.05) is 6.42 Å². The zero-order valence-corrected chi connectivity index (χ0v) is 15.9. The van der Waals surface area contributed by atoms with Gasteiger partial charge in [0.2, 0.25) is 0 Å². The van der Waals surface area contributed by atoms with Crippen molar-refractivity contribution in [2.75, 3.05) is 0 Å². The van der Waals surface area contributed by atoms with Crippen molar-refractivity contribution in [1.82, 2.24) is 4.98 Å². The van der Waals surface area contributed by atoms with Crippen LogP contribution in [0, 0.1) is 17.7 Å². The smallest absolute Gasteiger partial charge is 0.191 e. The van der Waals surface area contributed by atoms with Gasteiger partial charge in [0.25, 0.3) is 0 Å². The minimum Gasteiger partial charge on any atom is -0.409 e. The summed E-state index contributed by atoms with van der Waals surface area (Å²) in [5, 5.41) is 11.4. The summed E-state index contributed by atoms with van der Waals surface area (Å²) in [5.74, 6) is 4.99. The third-order valence-corrected chi connectivity index (χ3v) is 4.32. The van der Waals surface area contributed by atoms with Crippen LogP contribution in [0.3, 0.4) is 0 Å². The molecule has 0 amide bonds. The molecule has 26 heavy (non-hydrogen) atoms. The molecule has 0 bridgehead atoms. The molecule has 1 rings (SSSR count). The Hall–Kier alpha value is -2.09. The van der Waals surface area contributed by atoms with Gasteiger partial charge in [0.05, 0.1) is 0 Å². The van der Waals surface area contributed by atoms with Crippen molar-refractivity contribution in [1.29, 1.82) is 0 Å². The first-order valence-electron chi connectivity index (χ1n) is 9.82. The standard InChI is InChI=1S/C21H32FN3O/c1-2-3-4-5-6-7-8-9-10-11-12-13-14-15-18-16-17-19(22)20(24-18)21(23)25-26/h16-17,26H,2-13H2,1H3,(H2,23,25). The highest BCUT2D eigenvalue weighted by molar-refractivity contribution is 5.95. The summed E-state index contributed by atoms with van der Waals surface area (Å²) in [4.78, 5) is 3.97. The summed E-state index contributed by atoms with van der Waals surface area (Å²) in [6.07, 6.45) is 15.2. The minimum absolute atomic E-state index is 0.172. The van der Waals surface area contributed by atoms with Crippen molar-refractivity contribution in [2.45, 2.75) is 84.0 Å². The van der Waals surface area contributed by atoms with E-state index in [-0.39, 0.29) is 11.5 Å². The molecule has 0 spiro atoms. The number of pyridine rings is 1. The van der Waals surface area contributed by atoms with Crippen LogP contribution < -0.4 is 5.73 Å². The molecule has 0 saturated heterocycles. The molecule has 0 saturated carbocycles. The van der Waals surface area contributed by atoms with Crippen LogP contribution >= 0.6 is 0 Å². The van der Waals surface area contributed by atoms with E-state index in [9.17, 15) is 4.39 Å². The molecule has 0 radical (unpaired) electrons. The zero-order chi connectivity index (χ0) is 19.0. The fourth-order valence-electron chi connectivity index (χ4n) is 2.77. The van der Waals surface area contributed by atoms with Gasteiger partial charge < -0.3 is 10.9 Å². The Morgan fingerprint density at radius 2 is 1.62 bits per heavy atom. The van der Waals surface area contributed by atoms with E-state index in [1.807, 2.05) is 0 Å². The molecule has 5 heteroatoms. The number of unbranched alkanes of at least 4 members (excludes halogenated alkanes) is 11. The van der Waals surface area contributed by atoms with Gasteiger partial charge in [-0.3, -0.25) is 0 Å². The van der Waals surface area contributed by atoms with E-state index in [4.69, 9.17) is 10.9 Å². The number of aromatic nitrogens is 1. The lowest BCUT2D eigenvalue weighted by molar-refractivity contribution is 0.318. The van der Waals surface area contributed by atoms with E-state index < -0.39 is 5.82 Å². The molecule has 1 heterocycles. The Morgan fingerprint density at radius 1 is 1.04 bits per heavy atom. The number of rotatable bonds is 12. The van der Waals surface area contributed by atoms with Gasteiger partial charge >= 0.3 is 0 Å². The van der Waals surface area contributed by atoms with Crippen LogP contribution in [-0.4, -0.2) is 16.0 Å². The van der Waals surface area contributed by atoms with Gasteiger partial charge in [-0.15, -0.1) is 0 Å². The highest BCUT2D eigenvalue weighted by Gasteiger charge is 2.09. The number of hydrogen-bond acceptors (Lipinski definition) is 3. The largest absolute Gasteiger partial charge is 0.409 e. The number of nitrogens with zero attached hydrogens (tertiary/aromatic N) is 2. The molecule has 0 atom stereocenters. The van der Waals surface area contributed by atoms with E-state index in [1.165, 1.54) is 76.3 Å². The molecule has 1 aromatic rings. The first-order valence-corrected chi connectivity index (χ1v) is 9.82. The summed E-state index contributed by atoms with van der Waals surface area (Å²) in [6.45, 7) is 2.25.